The minimum absolute atomic E-state index is 0.237. The van der Waals surface area contributed by atoms with E-state index >= 15 is 0 Å². The van der Waals surface area contributed by atoms with Crippen molar-refractivity contribution in [1.29, 1.82) is 0 Å². The largest absolute Gasteiger partial charge is 0.465 e. The summed E-state index contributed by atoms with van der Waals surface area (Å²) in [5.41, 5.74) is -0.00810. The van der Waals surface area contributed by atoms with Gasteiger partial charge in [-0.2, -0.15) is 0 Å². The molecular weight excluding hydrogens is 254 g/mol. The smallest absolute Gasteiger partial charge is 0.326 e. The van der Waals surface area contributed by atoms with E-state index in [2.05, 4.69) is 0 Å². The molecule has 1 amide bonds. The molecule has 0 spiro atoms. The van der Waals surface area contributed by atoms with Crippen molar-refractivity contribution in [3.63, 3.8) is 0 Å². The average molecular weight is 268 g/mol. The van der Waals surface area contributed by atoms with E-state index in [-0.39, 0.29) is 12.5 Å². The van der Waals surface area contributed by atoms with Crippen LogP contribution in [0.5, 0.6) is 0 Å². The number of hydrogen-bond acceptors (Lipinski definition) is 3. The van der Waals surface area contributed by atoms with Crippen LogP contribution in [0.15, 0.2) is 18.2 Å². The lowest BCUT2D eigenvalue weighted by Crippen LogP contribution is -2.43. The van der Waals surface area contributed by atoms with Gasteiger partial charge in [0.25, 0.3) is 0 Å². The van der Waals surface area contributed by atoms with Crippen molar-refractivity contribution < 1.29 is 14.3 Å². The van der Waals surface area contributed by atoms with E-state index in [1.807, 2.05) is 0 Å². The Balaban J connectivity index is 2.60. The number of anilines is 1. The molecule has 1 atom stereocenters. The molecule has 5 heteroatoms. The maximum Gasteiger partial charge on any atom is 0.326 e. The minimum Gasteiger partial charge on any atom is -0.465 e. The number of carbonyl (C=O) groups is 2. The number of likely N-dealkylation sites (N-methyl/N-ethyl adjacent to an activating group) is 1. The van der Waals surface area contributed by atoms with E-state index in [1.54, 1.807) is 39.1 Å². The lowest BCUT2D eigenvalue weighted by molar-refractivity contribution is -0.152. The van der Waals surface area contributed by atoms with E-state index in [0.717, 1.165) is 0 Å². The molecule has 2 rings (SSSR count). The zero-order valence-corrected chi connectivity index (χ0v) is 11.2. The molecule has 96 valence electrons. The third-order valence-electron chi connectivity index (χ3n) is 3.27. The van der Waals surface area contributed by atoms with Gasteiger partial charge in [0, 0.05) is 23.3 Å². The molecule has 0 aliphatic carbocycles. The fourth-order valence-corrected chi connectivity index (χ4v) is 2.41. The molecule has 0 N–H and O–H groups in total. The minimum atomic E-state index is -1.30. The van der Waals surface area contributed by atoms with Crippen molar-refractivity contribution in [3.8, 4) is 0 Å². The number of hydrogen-bond donors (Lipinski definition) is 0. The van der Waals surface area contributed by atoms with Gasteiger partial charge in [0.1, 0.15) is 0 Å². The second-order valence-electron chi connectivity index (χ2n) is 4.37. The fraction of sp³-hybridized carbons (Fsp3) is 0.385. The van der Waals surface area contributed by atoms with Crippen LogP contribution in [0.4, 0.5) is 5.69 Å². The van der Waals surface area contributed by atoms with Gasteiger partial charge >= 0.3 is 5.97 Å². The molecule has 1 aromatic carbocycles. The summed E-state index contributed by atoms with van der Waals surface area (Å²) in [6, 6.07) is 5.08. The lowest BCUT2D eigenvalue weighted by Gasteiger charge is -2.20. The quantitative estimate of drug-likeness (QED) is 0.609. The highest BCUT2D eigenvalue weighted by molar-refractivity contribution is 6.31. The van der Waals surface area contributed by atoms with Crippen LogP contribution in [0.1, 0.15) is 19.4 Å². The molecule has 0 saturated carbocycles. The molecular formula is C13H14ClNO3. The number of benzene rings is 1. The maximum absolute atomic E-state index is 12.3. The van der Waals surface area contributed by atoms with E-state index < -0.39 is 11.4 Å². The lowest BCUT2D eigenvalue weighted by atomic mass is 9.84. The van der Waals surface area contributed by atoms with Gasteiger partial charge in [-0.05, 0) is 32.0 Å². The first-order chi connectivity index (χ1) is 8.42. The number of carbonyl (C=O) groups excluding carboxylic acids is 2. The van der Waals surface area contributed by atoms with Crippen LogP contribution in [-0.2, 0) is 19.7 Å². The van der Waals surface area contributed by atoms with Crippen molar-refractivity contribution in [2.45, 2.75) is 19.3 Å². The van der Waals surface area contributed by atoms with Crippen molar-refractivity contribution in [2.75, 3.05) is 18.6 Å². The Labute approximate surface area is 110 Å². The van der Waals surface area contributed by atoms with Crippen LogP contribution < -0.4 is 4.90 Å². The van der Waals surface area contributed by atoms with Crippen LogP contribution in [0.2, 0.25) is 5.02 Å². The van der Waals surface area contributed by atoms with Gasteiger partial charge < -0.3 is 9.64 Å². The van der Waals surface area contributed by atoms with E-state index in [1.165, 1.54) is 4.90 Å². The third kappa shape index (κ3) is 1.60. The number of ether oxygens (including phenoxy) is 1. The Morgan fingerprint density at radius 3 is 2.78 bits per heavy atom. The summed E-state index contributed by atoms with van der Waals surface area (Å²) in [7, 11) is 1.64. The average Bonchev–Trinajstić information content (AvgIpc) is 2.53. The Hall–Kier alpha value is -1.55. The number of fused-ring (bicyclic) bond motifs is 1. The van der Waals surface area contributed by atoms with Crippen LogP contribution in [0.3, 0.4) is 0 Å². The van der Waals surface area contributed by atoms with Crippen molar-refractivity contribution in [2.24, 2.45) is 0 Å². The van der Waals surface area contributed by atoms with Crippen LogP contribution >= 0.6 is 11.6 Å². The van der Waals surface area contributed by atoms with Crippen LogP contribution in [0.25, 0.3) is 0 Å². The Morgan fingerprint density at radius 2 is 2.17 bits per heavy atom. The highest BCUT2D eigenvalue weighted by Gasteiger charge is 2.53. The van der Waals surface area contributed by atoms with Gasteiger partial charge in [0.15, 0.2) is 5.41 Å². The highest BCUT2D eigenvalue weighted by atomic mass is 35.5. The second kappa shape index (κ2) is 4.28. The van der Waals surface area contributed by atoms with Crippen LogP contribution in [0, 0.1) is 0 Å². The summed E-state index contributed by atoms with van der Waals surface area (Å²) in [6.07, 6.45) is 0. The first-order valence-corrected chi connectivity index (χ1v) is 6.06. The van der Waals surface area contributed by atoms with Crippen molar-refractivity contribution in [1.82, 2.24) is 0 Å². The van der Waals surface area contributed by atoms with Gasteiger partial charge in [0.2, 0.25) is 5.91 Å². The van der Waals surface area contributed by atoms with Gasteiger partial charge in [-0.1, -0.05) is 11.6 Å². The normalized spacial score (nSPS) is 22.0. The number of amides is 1. The molecule has 18 heavy (non-hydrogen) atoms. The van der Waals surface area contributed by atoms with Gasteiger partial charge in [-0.25, -0.2) is 0 Å². The number of esters is 1. The Morgan fingerprint density at radius 1 is 1.50 bits per heavy atom. The molecule has 1 aromatic rings. The molecule has 0 saturated heterocycles. The first-order valence-electron chi connectivity index (χ1n) is 5.68. The standard InChI is InChI=1S/C13H14ClNO3/c1-4-18-12(17)13(2)9-7-8(14)5-6-10(9)15(3)11(13)16/h5-7H,4H2,1-3H3. The molecule has 4 nitrogen and oxygen atoms in total. The zero-order chi connectivity index (χ0) is 13.5. The Kier molecular flexibility index (Phi) is 3.07. The second-order valence-corrected chi connectivity index (χ2v) is 4.81. The van der Waals surface area contributed by atoms with Crippen LogP contribution in [-0.4, -0.2) is 25.5 Å². The number of nitrogens with zero attached hydrogens (tertiary/aromatic N) is 1. The fourth-order valence-electron chi connectivity index (χ4n) is 2.23. The molecule has 0 aromatic heterocycles. The van der Waals surface area contributed by atoms with Gasteiger partial charge in [-0.15, -0.1) is 0 Å². The molecule has 1 unspecified atom stereocenters. The summed E-state index contributed by atoms with van der Waals surface area (Å²) in [5.74, 6) is -0.832. The predicted molar refractivity (Wildman–Crippen MR) is 68.8 cm³/mol. The number of halogens is 1. The summed E-state index contributed by atoms with van der Waals surface area (Å²) in [4.78, 5) is 25.8. The highest BCUT2D eigenvalue weighted by Crippen LogP contribution is 2.42. The Bertz CT molecular complexity index is 529. The first kappa shape index (κ1) is 12.9. The van der Waals surface area contributed by atoms with Gasteiger partial charge in [0.05, 0.1) is 6.61 Å². The third-order valence-corrected chi connectivity index (χ3v) is 3.51. The summed E-state index contributed by atoms with van der Waals surface area (Å²) in [6.45, 7) is 3.52. The van der Waals surface area contributed by atoms with E-state index in [4.69, 9.17) is 16.3 Å². The molecule has 1 aliphatic heterocycles. The zero-order valence-electron chi connectivity index (χ0n) is 10.5. The summed E-state index contributed by atoms with van der Waals surface area (Å²) in [5, 5.41) is 0.493. The van der Waals surface area contributed by atoms with Gasteiger partial charge in [-0.3, -0.25) is 9.59 Å². The maximum atomic E-state index is 12.3. The molecule has 0 fully saturated rings. The van der Waals surface area contributed by atoms with E-state index in [9.17, 15) is 9.59 Å². The SMILES string of the molecule is CCOC(=O)C1(C)C(=O)N(C)c2ccc(Cl)cc21. The van der Waals surface area contributed by atoms with Crippen molar-refractivity contribution in [3.05, 3.63) is 28.8 Å². The molecule has 0 radical (unpaired) electrons. The number of rotatable bonds is 2. The predicted octanol–water partition coefficient (Wildman–Crippen LogP) is 2.14. The summed E-state index contributed by atoms with van der Waals surface area (Å²) >= 11 is 5.95. The topological polar surface area (TPSA) is 46.6 Å². The monoisotopic (exact) mass is 267 g/mol. The van der Waals surface area contributed by atoms with Crippen molar-refractivity contribution >= 4 is 29.2 Å². The molecule has 1 heterocycles. The summed E-state index contributed by atoms with van der Waals surface area (Å²) < 4.78 is 5.01. The molecule has 0 bridgehead atoms. The van der Waals surface area contributed by atoms with E-state index in [0.29, 0.717) is 16.3 Å². The molecule has 1 aliphatic rings.